The zero-order valence-corrected chi connectivity index (χ0v) is 9.79. The van der Waals surface area contributed by atoms with Crippen molar-refractivity contribution in [1.82, 2.24) is 9.78 Å². The van der Waals surface area contributed by atoms with Crippen molar-refractivity contribution in [2.45, 2.75) is 19.9 Å². The van der Waals surface area contributed by atoms with Crippen LogP contribution in [0.2, 0.25) is 0 Å². The van der Waals surface area contributed by atoms with Crippen molar-refractivity contribution >= 4 is 5.97 Å². The predicted molar refractivity (Wildman–Crippen MR) is 65.0 cm³/mol. The highest BCUT2D eigenvalue weighted by Crippen LogP contribution is 2.20. The molecule has 2 aromatic rings. The molecule has 1 aromatic carbocycles. The Labute approximate surface area is 99.5 Å². The van der Waals surface area contributed by atoms with E-state index in [1.807, 2.05) is 10.9 Å². The molecule has 17 heavy (non-hydrogen) atoms. The number of carboxylic acids is 1. The quantitative estimate of drug-likeness (QED) is 0.882. The van der Waals surface area contributed by atoms with Crippen molar-refractivity contribution in [2.24, 2.45) is 0 Å². The molecule has 4 heteroatoms. The first-order valence-electron chi connectivity index (χ1n) is 5.46. The molecule has 1 aromatic heterocycles. The first kappa shape index (κ1) is 11.4. The Hall–Kier alpha value is -2.10. The molecule has 0 atom stereocenters. The summed E-state index contributed by atoms with van der Waals surface area (Å²) < 4.78 is 1.88. The maximum atomic E-state index is 10.7. The second kappa shape index (κ2) is 4.41. The number of carbonyl (C=O) groups is 1. The second-order valence-corrected chi connectivity index (χ2v) is 4.19. The second-order valence-electron chi connectivity index (χ2n) is 4.19. The van der Waals surface area contributed by atoms with Gasteiger partial charge in [-0.05, 0) is 31.5 Å². The lowest BCUT2D eigenvalue weighted by Crippen LogP contribution is -1.99. The van der Waals surface area contributed by atoms with E-state index in [1.54, 1.807) is 30.5 Å². The van der Waals surface area contributed by atoms with E-state index in [2.05, 4.69) is 18.9 Å². The monoisotopic (exact) mass is 230 g/mol. The molecule has 1 heterocycles. The SMILES string of the molecule is CC(C)n1cc(-c2ccc(C(=O)O)cc2)cn1. The van der Waals surface area contributed by atoms with E-state index in [4.69, 9.17) is 5.11 Å². The lowest BCUT2D eigenvalue weighted by atomic mass is 10.1. The molecule has 0 radical (unpaired) electrons. The molecule has 0 amide bonds. The smallest absolute Gasteiger partial charge is 0.335 e. The van der Waals surface area contributed by atoms with Crippen LogP contribution in [0, 0.1) is 0 Å². The van der Waals surface area contributed by atoms with E-state index < -0.39 is 5.97 Å². The summed E-state index contributed by atoms with van der Waals surface area (Å²) in [5.41, 5.74) is 2.27. The molecule has 1 N–H and O–H groups in total. The summed E-state index contributed by atoms with van der Waals surface area (Å²) in [6.07, 6.45) is 3.75. The van der Waals surface area contributed by atoms with E-state index >= 15 is 0 Å². The molecular formula is C13H14N2O2. The van der Waals surface area contributed by atoms with Crippen LogP contribution >= 0.6 is 0 Å². The van der Waals surface area contributed by atoms with Crippen molar-refractivity contribution in [2.75, 3.05) is 0 Å². The van der Waals surface area contributed by atoms with Crippen LogP contribution in [0.5, 0.6) is 0 Å². The van der Waals surface area contributed by atoms with Crippen LogP contribution < -0.4 is 0 Å². The van der Waals surface area contributed by atoms with Crippen LogP contribution in [0.1, 0.15) is 30.2 Å². The molecule has 0 saturated carbocycles. The van der Waals surface area contributed by atoms with E-state index in [9.17, 15) is 4.79 Å². The molecular weight excluding hydrogens is 216 g/mol. The Morgan fingerprint density at radius 1 is 1.24 bits per heavy atom. The van der Waals surface area contributed by atoms with Gasteiger partial charge < -0.3 is 5.11 Å². The fourth-order valence-electron chi connectivity index (χ4n) is 1.57. The third-order valence-corrected chi connectivity index (χ3v) is 2.60. The van der Waals surface area contributed by atoms with Gasteiger partial charge in [0.05, 0.1) is 11.8 Å². The topological polar surface area (TPSA) is 55.1 Å². The fourth-order valence-corrected chi connectivity index (χ4v) is 1.57. The van der Waals surface area contributed by atoms with Crippen LogP contribution in [-0.2, 0) is 0 Å². The number of hydrogen-bond donors (Lipinski definition) is 1. The Morgan fingerprint density at radius 3 is 2.35 bits per heavy atom. The zero-order chi connectivity index (χ0) is 12.4. The van der Waals surface area contributed by atoms with Crippen LogP contribution in [-0.4, -0.2) is 20.9 Å². The van der Waals surface area contributed by atoms with Gasteiger partial charge in [-0.2, -0.15) is 5.10 Å². The van der Waals surface area contributed by atoms with E-state index in [1.165, 1.54) is 0 Å². The molecule has 0 aliphatic carbocycles. The standard InChI is InChI=1S/C13H14N2O2/c1-9(2)15-8-12(7-14-15)10-3-5-11(6-4-10)13(16)17/h3-9H,1-2H3,(H,16,17). The number of rotatable bonds is 3. The lowest BCUT2D eigenvalue weighted by Gasteiger charge is -2.03. The maximum absolute atomic E-state index is 10.7. The molecule has 0 aliphatic rings. The van der Waals surface area contributed by atoms with Crippen molar-refractivity contribution < 1.29 is 9.90 Å². The summed E-state index contributed by atoms with van der Waals surface area (Å²) in [4.78, 5) is 10.7. The van der Waals surface area contributed by atoms with Gasteiger partial charge in [-0.3, -0.25) is 4.68 Å². The number of hydrogen-bond acceptors (Lipinski definition) is 2. The minimum atomic E-state index is -0.908. The summed E-state index contributed by atoms with van der Waals surface area (Å²) in [7, 11) is 0. The third kappa shape index (κ3) is 2.36. The molecule has 0 bridgehead atoms. The minimum absolute atomic E-state index is 0.296. The van der Waals surface area contributed by atoms with Gasteiger partial charge in [-0.1, -0.05) is 12.1 Å². The van der Waals surface area contributed by atoms with Gasteiger partial charge >= 0.3 is 5.97 Å². The minimum Gasteiger partial charge on any atom is -0.478 e. The highest BCUT2D eigenvalue weighted by molar-refractivity contribution is 5.88. The van der Waals surface area contributed by atoms with Crippen molar-refractivity contribution in [3.05, 3.63) is 42.2 Å². The number of nitrogens with zero attached hydrogens (tertiary/aromatic N) is 2. The first-order valence-corrected chi connectivity index (χ1v) is 5.46. The normalized spacial score (nSPS) is 10.8. The van der Waals surface area contributed by atoms with Gasteiger partial charge in [0.2, 0.25) is 0 Å². The highest BCUT2D eigenvalue weighted by Gasteiger charge is 2.06. The summed E-state index contributed by atoms with van der Waals surface area (Å²) in [5.74, 6) is -0.908. The summed E-state index contributed by atoms with van der Waals surface area (Å²) in [6, 6.07) is 7.12. The Balaban J connectivity index is 2.30. The van der Waals surface area contributed by atoms with Crippen molar-refractivity contribution in [1.29, 1.82) is 0 Å². The van der Waals surface area contributed by atoms with E-state index in [0.717, 1.165) is 11.1 Å². The zero-order valence-electron chi connectivity index (χ0n) is 9.79. The van der Waals surface area contributed by atoms with Crippen LogP contribution in [0.15, 0.2) is 36.7 Å². The molecule has 2 rings (SSSR count). The van der Waals surface area contributed by atoms with Crippen LogP contribution in [0.3, 0.4) is 0 Å². The molecule has 0 unspecified atom stereocenters. The highest BCUT2D eigenvalue weighted by atomic mass is 16.4. The van der Waals surface area contributed by atoms with Crippen molar-refractivity contribution in [3.8, 4) is 11.1 Å². The number of aromatic nitrogens is 2. The average Bonchev–Trinajstić information content (AvgIpc) is 2.78. The van der Waals surface area contributed by atoms with Gasteiger partial charge in [0.15, 0.2) is 0 Å². The average molecular weight is 230 g/mol. The Kier molecular flexibility index (Phi) is 2.95. The lowest BCUT2D eigenvalue weighted by molar-refractivity contribution is 0.0697. The van der Waals surface area contributed by atoms with Crippen molar-refractivity contribution in [3.63, 3.8) is 0 Å². The number of carboxylic acid groups (broad SMARTS) is 1. The van der Waals surface area contributed by atoms with Crippen LogP contribution in [0.4, 0.5) is 0 Å². The molecule has 4 nitrogen and oxygen atoms in total. The summed E-state index contributed by atoms with van der Waals surface area (Å²) >= 11 is 0. The molecule has 0 saturated heterocycles. The number of aromatic carboxylic acids is 1. The molecule has 0 aliphatic heterocycles. The summed E-state index contributed by atoms with van der Waals surface area (Å²) in [5, 5.41) is 13.1. The van der Waals surface area contributed by atoms with E-state index in [-0.39, 0.29) is 0 Å². The van der Waals surface area contributed by atoms with Gasteiger partial charge in [0, 0.05) is 17.8 Å². The van der Waals surface area contributed by atoms with Gasteiger partial charge in [0.1, 0.15) is 0 Å². The first-order chi connectivity index (χ1) is 8.08. The number of benzene rings is 1. The predicted octanol–water partition coefficient (Wildman–Crippen LogP) is 2.83. The summed E-state index contributed by atoms with van der Waals surface area (Å²) in [6.45, 7) is 4.12. The van der Waals surface area contributed by atoms with E-state index in [0.29, 0.717) is 11.6 Å². The van der Waals surface area contributed by atoms with Gasteiger partial charge in [-0.15, -0.1) is 0 Å². The maximum Gasteiger partial charge on any atom is 0.335 e. The van der Waals surface area contributed by atoms with Gasteiger partial charge in [-0.25, -0.2) is 4.79 Å². The third-order valence-electron chi connectivity index (χ3n) is 2.60. The van der Waals surface area contributed by atoms with Gasteiger partial charge in [0.25, 0.3) is 0 Å². The van der Waals surface area contributed by atoms with Crippen LogP contribution in [0.25, 0.3) is 11.1 Å². The molecule has 0 fully saturated rings. The largest absolute Gasteiger partial charge is 0.478 e. The molecule has 88 valence electrons. The molecule has 0 spiro atoms. The Morgan fingerprint density at radius 2 is 1.88 bits per heavy atom. The fraction of sp³-hybridized carbons (Fsp3) is 0.231. The Bertz CT molecular complexity index is 527.